The van der Waals surface area contributed by atoms with Crippen LogP contribution in [0.15, 0.2) is 43.0 Å². The van der Waals surface area contributed by atoms with Crippen LogP contribution in [-0.2, 0) is 4.79 Å². The van der Waals surface area contributed by atoms with E-state index in [1.54, 1.807) is 23.2 Å². The molecular weight excluding hydrogens is 282 g/mol. The van der Waals surface area contributed by atoms with Gasteiger partial charge in [-0.25, -0.2) is 4.52 Å². The zero-order chi connectivity index (χ0) is 16.2. The van der Waals surface area contributed by atoms with E-state index in [4.69, 9.17) is 1.37 Å². The normalized spacial score (nSPS) is 24.7. The summed E-state index contributed by atoms with van der Waals surface area (Å²) < 4.78 is 9.50. The Kier molecular flexibility index (Phi) is 2.32. The molecule has 2 N–H and O–H groups in total. The van der Waals surface area contributed by atoms with Crippen LogP contribution in [0.3, 0.4) is 0 Å². The van der Waals surface area contributed by atoms with Gasteiger partial charge in [0.05, 0.1) is 31.0 Å². The van der Waals surface area contributed by atoms with Gasteiger partial charge >= 0.3 is 0 Å². The molecule has 2 saturated heterocycles. The lowest BCUT2D eigenvalue weighted by atomic mass is 9.99. The molecule has 1 atom stereocenters. The Hall–Kier alpha value is -2.83. The molecule has 0 bridgehead atoms. The smallest absolute Gasteiger partial charge is 0.257 e. The zero-order valence-corrected chi connectivity index (χ0v) is 11.8. The van der Waals surface area contributed by atoms with Crippen LogP contribution in [0.2, 0.25) is 0 Å². The SMILES string of the molecule is [3H]c1cccn2ncc(C(=O)N3CCC4(C3)NC(=C)NC4=O)c12. The number of likely N-dealkylation sites (tertiary alicyclic amines) is 1. The molecule has 2 aliphatic rings. The first-order valence-electron chi connectivity index (χ1n) is 7.51. The van der Waals surface area contributed by atoms with Crippen LogP contribution in [0, 0.1) is 0 Å². The van der Waals surface area contributed by atoms with Gasteiger partial charge in [-0.15, -0.1) is 0 Å². The van der Waals surface area contributed by atoms with Crippen LogP contribution in [0.5, 0.6) is 0 Å². The number of hydrogen-bond acceptors (Lipinski definition) is 4. The summed E-state index contributed by atoms with van der Waals surface area (Å²) in [6.07, 6.45) is 3.70. The molecule has 0 radical (unpaired) electrons. The van der Waals surface area contributed by atoms with Crippen molar-refractivity contribution in [3.63, 3.8) is 0 Å². The van der Waals surface area contributed by atoms with Crippen molar-refractivity contribution in [2.45, 2.75) is 12.0 Å². The first-order chi connectivity index (χ1) is 11.0. The molecule has 7 heteroatoms. The second kappa shape index (κ2) is 4.33. The number of aromatic nitrogens is 2. The van der Waals surface area contributed by atoms with Crippen molar-refractivity contribution in [3.05, 3.63) is 48.5 Å². The molecule has 2 aromatic heterocycles. The quantitative estimate of drug-likeness (QED) is 0.783. The Labute approximate surface area is 128 Å². The van der Waals surface area contributed by atoms with Gasteiger partial charge in [0.15, 0.2) is 0 Å². The summed E-state index contributed by atoms with van der Waals surface area (Å²) in [7, 11) is 0. The molecule has 4 rings (SSSR count). The van der Waals surface area contributed by atoms with E-state index in [0.717, 1.165) is 0 Å². The van der Waals surface area contributed by atoms with E-state index >= 15 is 0 Å². The summed E-state index contributed by atoms with van der Waals surface area (Å²) in [5.41, 5.74) is 0.0658. The van der Waals surface area contributed by atoms with Crippen molar-refractivity contribution in [1.29, 1.82) is 0 Å². The lowest BCUT2D eigenvalue weighted by Crippen LogP contribution is -2.49. The molecule has 2 aromatic rings. The first-order valence-corrected chi connectivity index (χ1v) is 7.01. The van der Waals surface area contributed by atoms with Crippen LogP contribution >= 0.6 is 0 Å². The molecule has 0 saturated carbocycles. The summed E-state index contributed by atoms with van der Waals surface area (Å²) >= 11 is 0. The monoisotopic (exact) mass is 299 g/mol. The maximum atomic E-state index is 12.8. The maximum absolute atomic E-state index is 12.8. The van der Waals surface area contributed by atoms with Gasteiger partial charge in [0.1, 0.15) is 5.54 Å². The number of carbonyl (C=O) groups is 2. The largest absolute Gasteiger partial charge is 0.356 e. The number of carbonyl (C=O) groups excluding carboxylic acids is 2. The van der Waals surface area contributed by atoms with Gasteiger partial charge in [-0.2, -0.15) is 5.10 Å². The van der Waals surface area contributed by atoms with Crippen molar-refractivity contribution in [1.82, 2.24) is 25.1 Å². The minimum atomic E-state index is -0.792. The van der Waals surface area contributed by atoms with Crippen molar-refractivity contribution in [2.24, 2.45) is 0 Å². The minimum Gasteiger partial charge on any atom is -0.356 e. The molecule has 2 aliphatic heterocycles. The van der Waals surface area contributed by atoms with Crippen LogP contribution in [0.4, 0.5) is 0 Å². The Morgan fingerprint density at radius 1 is 1.50 bits per heavy atom. The molecule has 112 valence electrons. The highest BCUT2D eigenvalue weighted by Crippen LogP contribution is 2.28. The maximum Gasteiger partial charge on any atom is 0.257 e. The van der Waals surface area contributed by atoms with Crippen LogP contribution in [0.25, 0.3) is 5.52 Å². The predicted octanol–water partition coefficient (Wildman–Crippen LogP) is 0.110. The second-order valence-electron chi connectivity index (χ2n) is 5.62. The average molecular weight is 299 g/mol. The molecule has 1 spiro atoms. The van der Waals surface area contributed by atoms with E-state index in [1.165, 1.54) is 10.7 Å². The van der Waals surface area contributed by atoms with Gasteiger partial charge < -0.3 is 15.5 Å². The van der Waals surface area contributed by atoms with Crippen molar-refractivity contribution < 1.29 is 11.0 Å². The summed E-state index contributed by atoms with van der Waals surface area (Å²) in [6, 6.07) is 3.57. The lowest BCUT2D eigenvalue weighted by molar-refractivity contribution is -0.123. The molecule has 1 unspecified atom stereocenters. The Balaban J connectivity index is 1.65. The van der Waals surface area contributed by atoms with E-state index in [-0.39, 0.29) is 24.4 Å². The fraction of sp³-hybridized carbons (Fsp3) is 0.267. The number of hydrogen-bond donors (Lipinski definition) is 2. The lowest BCUT2D eigenvalue weighted by Gasteiger charge is -2.21. The van der Waals surface area contributed by atoms with Crippen molar-refractivity contribution in [3.8, 4) is 0 Å². The van der Waals surface area contributed by atoms with E-state index in [1.807, 2.05) is 0 Å². The molecule has 2 fully saturated rings. The van der Waals surface area contributed by atoms with Crippen molar-refractivity contribution >= 4 is 17.3 Å². The zero-order valence-electron chi connectivity index (χ0n) is 12.8. The van der Waals surface area contributed by atoms with Crippen molar-refractivity contribution in [2.75, 3.05) is 13.1 Å². The van der Waals surface area contributed by atoms with Crippen LogP contribution in [0.1, 0.15) is 18.1 Å². The third kappa shape index (κ3) is 1.71. The fourth-order valence-corrected chi connectivity index (χ4v) is 3.10. The Morgan fingerprint density at radius 2 is 2.36 bits per heavy atom. The Bertz CT molecular complexity index is 861. The van der Waals surface area contributed by atoms with Gasteiger partial charge in [0, 0.05) is 12.7 Å². The number of amides is 2. The molecule has 7 nitrogen and oxygen atoms in total. The van der Waals surface area contributed by atoms with Gasteiger partial charge in [-0.05, 0) is 18.5 Å². The molecule has 0 aromatic carbocycles. The summed E-state index contributed by atoms with van der Waals surface area (Å²) in [4.78, 5) is 26.5. The van der Waals surface area contributed by atoms with E-state index in [9.17, 15) is 9.59 Å². The highest BCUT2D eigenvalue weighted by Gasteiger charge is 2.50. The number of pyridine rings is 1. The standard InChI is InChI=1S/C15H15N5O2/c1-10-17-14(22)15(18-10)5-7-19(9-15)13(21)11-8-16-20-6-3-2-4-12(11)20/h2-4,6,8,18H,1,5,7,9H2,(H,17,22)/i4T. The number of fused-ring (bicyclic) bond motifs is 1. The van der Waals surface area contributed by atoms with Gasteiger partial charge in [-0.1, -0.05) is 12.6 Å². The number of rotatable bonds is 1. The first kappa shape index (κ1) is 11.8. The van der Waals surface area contributed by atoms with E-state index in [0.29, 0.717) is 29.9 Å². The molecular formula is C15H15N5O2. The van der Waals surface area contributed by atoms with Gasteiger partial charge in [0.2, 0.25) is 0 Å². The van der Waals surface area contributed by atoms with Gasteiger partial charge in [0.25, 0.3) is 11.8 Å². The number of nitrogens with zero attached hydrogens (tertiary/aromatic N) is 3. The molecule has 4 heterocycles. The number of nitrogens with one attached hydrogen (secondary N) is 2. The predicted molar refractivity (Wildman–Crippen MR) is 78.9 cm³/mol. The third-order valence-electron chi connectivity index (χ3n) is 4.22. The Morgan fingerprint density at radius 3 is 3.14 bits per heavy atom. The minimum absolute atomic E-state index is 0.154. The molecule has 2 amide bonds. The highest BCUT2D eigenvalue weighted by molar-refractivity contribution is 6.02. The molecule has 0 aliphatic carbocycles. The summed E-state index contributed by atoms with van der Waals surface area (Å²) in [5, 5.41) is 9.83. The molecule has 22 heavy (non-hydrogen) atoms. The van der Waals surface area contributed by atoms with Gasteiger partial charge in [-0.3, -0.25) is 9.59 Å². The average Bonchev–Trinajstić information content (AvgIpc) is 3.18. The summed E-state index contributed by atoms with van der Waals surface area (Å²) in [6.45, 7) is 4.45. The van der Waals surface area contributed by atoms with E-state index < -0.39 is 5.54 Å². The van der Waals surface area contributed by atoms with Crippen LogP contribution < -0.4 is 10.6 Å². The second-order valence-corrected chi connectivity index (χ2v) is 5.62. The fourth-order valence-electron chi connectivity index (χ4n) is 3.10. The topological polar surface area (TPSA) is 78.7 Å². The van der Waals surface area contributed by atoms with Crippen LogP contribution in [-0.4, -0.2) is 45.0 Å². The van der Waals surface area contributed by atoms with E-state index in [2.05, 4.69) is 22.3 Å². The summed E-state index contributed by atoms with van der Waals surface area (Å²) in [5.74, 6) is 0.0938. The third-order valence-corrected chi connectivity index (χ3v) is 4.22. The highest BCUT2D eigenvalue weighted by atomic mass is 16.2.